The summed E-state index contributed by atoms with van der Waals surface area (Å²) in [5.41, 5.74) is 5.08. The Kier molecular flexibility index (Phi) is 2.58. The summed E-state index contributed by atoms with van der Waals surface area (Å²) >= 11 is 1.31. The van der Waals surface area contributed by atoms with Gasteiger partial charge in [-0.1, -0.05) is 11.3 Å². The molecule has 2 heterocycles. The average molecular weight is 243 g/mol. The topological polar surface area (TPSA) is 104 Å². The molecular weight excluding hydrogens is 230 g/mol. The number of hydrogen-bond donors (Lipinski definition) is 3. The summed E-state index contributed by atoms with van der Waals surface area (Å²) in [7, 11) is 0. The van der Waals surface area contributed by atoms with Gasteiger partial charge in [0, 0.05) is 13.1 Å². The van der Waals surface area contributed by atoms with E-state index in [2.05, 4.69) is 15.5 Å². The van der Waals surface area contributed by atoms with Gasteiger partial charge in [-0.3, -0.25) is 0 Å². The molecule has 0 aromatic carbocycles. The summed E-state index contributed by atoms with van der Waals surface area (Å²) in [5.74, 6) is 0. The van der Waals surface area contributed by atoms with Crippen LogP contribution in [0.15, 0.2) is 0 Å². The molecule has 1 atom stereocenters. The predicted octanol–water partition coefficient (Wildman–Crippen LogP) is 0.357. The fourth-order valence-corrected chi connectivity index (χ4v) is 2.47. The molecule has 7 nitrogen and oxygen atoms in total. The Morgan fingerprint density at radius 2 is 2.44 bits per heavy atom. The maximum Gasteiger partial charge on any atom is 0.405 e. The van der Waals surface area contributed by atoms with Crippen molar-refractivity contribution in [2.24, 2.45) is 0 Å². The van der Waals surface area contributed by atoms with Crippen LogP contribution in [0, 0.1) is 0 Å². The number of rotatable bonds is 2. The number of nitrogens with zero attached hydrogens (tertiary/aromatic N) is 3. The standard InChI is InChI=1S/C8H13N5O2S/c1-8(10-7(14)15)2-3-13(4-8)6-12-11-5(9)16-6/h10H,2-4H2,1H3,(H2,9,11)(H,14,15). The van der Waals surface area contributed by atoms with E-state index >= 15 is 0 Å². The number of nitrogens with one attached hydrogen (secondary N) is 1. The molecule has 0 radical (unpaired) electrons. The molecule has 0 spiro atoms. The van der Waals surface area contributed by atoms with E-state index in [0.29, 0.717) is 11.7 Å². The van der Waals surface area contributed by atoms with Crippen LogP contribution in [0.4, 0.5) is 15.1 Å². The van der Waals surface area contributed by atoms with Crippen molar-refractivity contribution in [3.8, 4) is 0 Å². The van der Waals surface area contributed by atoms with Crippen LogP contribution in [0.3, 0.4) is 0 Å². The van der Waals surface area contributed by atoms with Crippen LogP contribution in [0.5, 0.6) is 0 Å². The largest absolute Gasteiger partial charge is 0.465 e. The monoisotopic (exact) mass is 243 g/mol. The fourth-order valence-electron chi connectivity index (χ4n) is 1.84. The summed E-state index contributed by atoms with van der Waals surface area (Å²) < 4.78 is 0. The molecule has 1 aromatic heterocycles. The van der Waals surface area contributed by atoms with Crippen molar-refractivity contribution >= 4 is 27.7 Å². The lowest BCUT2D eigenvalue weighted by Crippen LogP contribution is -2.47. The number of aromatic nitrogens is 2. The normalized spacial score (nSPS) is 24.7. The van der Waals surface area contributed by atoms with Crippen LogP contribution < -0.4 is 16.0 Å². The second-order valence-electron chi connectivity index (χ2n) is 4.09. The SMILES string of the molecule is CC1(NC(=O)O)CCN(c2nnc(N)s2)C1. The van der Waals surface area contributed by atoms with Gasteiger partial charge in [-0.05, 0) is 13.3 Å². The van der Waals surface area contributed by atoms with Crippen LogP contribution in [0.1, 0.15) is 13.3 Å². The lowest BCUT2D eigenvalue weighted by molar-refractivity contribution is 0.182. The molecule has 88 valence electrons. The Bertz CT molecular complexity index is 409. The van der Waals surface area contributed by atoms with E-state index in [1.165, 1.54) is 11.3 Å². The summed E-state index contributed by atoms with van der Waals surface area (Å²) in [6.07, 6.45) is -0.250. The van der Waals surface area contributed by atoms with Crippen LogP contribution in [0.2, 0.25) is 0 Å². The Labute approximate surface area is 96.3 Å². The van der Waals surface area contributed by atoms with Crippen molar-refractivity contribution in [3.05, 3.63) is 0 Å². The average Bonchev–Trinajstić information content (AvgIpc) is 2.71. The van der Waals surface area contributed by atoms with Crippen molar-refractivity contribution in [1.29, 1.82) is 0 Å². The second-order valence-corrected chi connectivity index (χ2v) is 5.07. The van der Waals surface area contributed by atoms with Crippen LogP contribution in [0.25, 0.3) is 0 Å². The van der Waals surface area contributed by atoms with Gasteiger partial charge in [0.2, 0.25) is 10.3 Å². The molecule has 1 aliphatic rings. The second kappa shape index (κ2) is 3.78. The van der Waals surface area contributed by atoms with Crippen LogP contribution in [-0.2, 0) is 0 Å². The maximum atomic E-state index is 10.6. The van der Waals surface area contributed by atoms with Crippen molar-refractivity contribution in [1.82, 2.24) is 15.5 Å². The molecule has 0 saturated carbocycles. The number of carboxylic acid groups (broad SMARTS) is 1. The molecule has 1 amide bonds. The molecule has 0 aliphatic carbocycles. The lowest BCUT2D eigenvalue weighted by atomic mass is 10.0. The molecule has 8 heteroatoms. The lowest BCUT2D eigenvalue weighted by Gasteiger charge is -2.23. The first-order valence-electron chi connectivity index (χ1n) is 4.84. The van der Waals surface area contributed by atoms with E-state index < -0.39 is 11.6 Å². The van der Waals surface area contributed by atoms with Gasteiger partial charge in [0.25, 0.3) is 0 Å². The van der Waals surface area contributed by atoms with Crippen LogP contribution in [-0.4, -0.2) is 40.0 Å². The van der Waals surface area contributed by atoms with E-state index in [-0.39, 0.29) is 0 Å². The minimum atomic E-state index is -0.999. The molecule has 0 bridgehead atoms. The van der Waals surface area contributed by atoms with Gasteiger partial charge < -0.3 is 21.1 Å². The third-order valence-corrected chi connectivity index (χ3v) is 3.40. The number of nitrogen functional groups attached to an aromatic ring is 1. The van der Waals surface area contributed by atoms with Gasteiger partial charge in [-0.15, -0.1) is 10.2 Å². The third kappa shape index (κ3) is 2.16. The Hall–Kier alpha value is -1.57. The molecule has 1 saturated heterocycles. The minimum absolute atomic E-state index is 0.424. The summed E-state index contributed by atoms with van der Waals surface area (Å²) in [4.78, 5) is 12.6. The van der Waals surface area contributed by atoms with Gasteiger partial charge >= 0.3 is 6.09 Å². The minimum Gasteiger partial charge on any atom is -0.465 e. The first kappa shape index (κ1) is 10.9. The van der Waals surface area contributed by atoms with Crippen molar-refractivity contribution in [2.45, 2.75) is 18.9 Å². The van der Waals surface area contributed by atoms with Gasteiger partial charge in [0.15, 0.2) is 0 Å². The number of anilines is 2. The van der Waals surface area contributed by atoms with Gasteiger partial charge in [-0.25, -0.2) is 4.79 Å². The quantitative estimate of drug-likeness (QED) is 0.692. The zero-order chi connectivity index (χ0) is 11.8. The van der Waals surface area contributed by atoms with Crippen molar-refractivity contribution in [2.75, 3.05) is 23.7 Å². The molecule has 4 N–H and O–H groups in total. The van der Waals surface area contributed by atoms with Crippen LogP contribution >= 0.6 is 11.3 Å². The Morgan fingerprint density at radius 1 is 1.69 bits per heavy atom. The van der Waals surface area contributed by atoms with E-state index in [4.69, 9.17) is 10.8 Å². The highest BCUT2D eigenvalue weighted by atomic mass is 32.1. The number of nitrogens with two attached hydrogens (primary N) is 1. The Balaban J connectivity index is 2.05. The summed E-state index contributed by atoms with van der Waals surface area (Å²) in [5, 5.41) is 20.1. The molecule has 1 aliphatic heterocycles. The zero-order valence-electron chi connectivity index (χ0n) is 8.80. The fraction of sp³-hybridized carbons (Fsp3) is 0.625. The Morgan fingerprint density at radius 3 is 3.00 bits per heavy atom. The highest BCUT2D eigenvalue weighted by Crippen LogP contribution is 2.29. The highest BCUT2D eigenvalue weighted by Gasteiger charge is 2.36. The number of carbonyl (C=O) groups is 1. The van der Waals surface area contributed by atoms with Gasteiger partial charge in [0.1, 0.15) is 0 Å². The van der Waals surface area contributed by atoms with Gasteiger partial charge in [-0.2, -0.15) is 0 Å². The summed E-state index contributed by atoms with van der Waals surface area (Å²) in [6.45, 7) is 3.23. The van der Waals surface area contributed by atoms with Crippen molar-refractivity contribution < 1.29 is 9.90 Å². The van der Waals surface area contributed by atoms with E-state index in [1.807, 2.05) is 11.8 Å². The molecule has 1 unspecified atom stereocenters. The number of amides is 1. The number of hydrogen-bond acceptors (Lipinski definition) is 6. The van der Waals surface area contributed by atoms with E-state index in [0.717, 1.165) is 18.1 Å². The van der Waals surface area contributed by atoms with E-state index in [1.54, 1.807) is 0 Å². The summed E-state index contributed by atoms with van der Waals surface area (Å²) in [6, 6.07) is 0. The van der Waals surface area contributed by atoms with Gasteiger partial charge in [0.05, 0.1) is 5.54 Å². The zero-order valence-corrected chi connectivity index (χ0v) is 9.62. The smallest absolute Gasteiger partial charge is 0.405 e. The first-order valence-corrected chi connectivity index (χ1v) is 5.65. The first-order chi connectivity index (χ1) is 7.48. The molecule has 1 fully saturated rings. The predicted molar refractivity (Wildman–Crippen MR) is 60.7 cm³/mol. The molecule has 1 aromatic rings. The maximum absolute atomic E-state index is 10.6. The third-order valence-electron chi connectivity index (χ3n) is 2.58. The highest BCUT2D eigenvalue weighted by molar-refractivity contribution is 7.18. The molecule has 2 rings (SSSR count). The van der Waals surface area contributed by atoms with E-state index in [9.17, 15) is 4.79 Å². The van der Waals surface area contributed by atoms with Crippen molar-refractivity contribution in [3.63, 3.8) is 0 Å². The molecule has 16 heavy (non-hydrogen) atoms. The molecular formula is C8H13N5O2S.